The SMILES string of the molecule is C#CC1(F)[C@@H](O)[C@@H]([C@@H](C)O)O[C@H]1n1cc(F)c(N)nc1=O. The second kappa shape index (κ2) is 5.07. The van der Waals surface area contributed by atoms with Gasteiger partial charge in [-0.15, -0.1) is 6.42 Å². The van der Waals surface area contributed by atoms with Crippen LogP contribution in [-0.4, -0.2) is 43.7 Å². The number of aliphatic hydroxyl groups excluding tert-OH is 2. The van der Waals surface area contributed by atoms with Crippen molar-refractivity contribution in [3.05, 3.63) is 22.5 Å². The number of halogens is 2. The Bertz CT molecular complexity index is 657. The Morgan fingerprint density at radius 2 is 2.33 bits per heavy atom. The van der Waals surface area contributed by atoms with Gasteiger partial charge >= 0.3 is 5.69 Å². The average molecular weight is 301 g/mol. The zero-order valence-corrected chi connectivity index (χ0v) is 10.9. The van der Waals surface area contributed by atoms with E-state index in [1.54, 1.807) is 5.92 Å². The minimum Gasteiger partial charge on any atom is -0.391 e. The number of nitrogen functional groups attached to an aromatic ring is 1. The van der Waals surface area contributed by atoms with Gasteiger partial charge < -0.3 is 20.7 Å². The van der Waals surface area contributed by atoms with Gasteiger partial charge in [0.2, 0.25) is 5.67 Å². The normalized spacial score (nSPS) is 33.6. The topological polar surface area (TPSA) is 111 Å². The molecule has 0 spiro atoms. The van der Waals surface area contributed by atoms with E-state index in [1.165, 1.54) is 6.92 Å². The molecular weight excluding hydrogens is 288 g/mol. The highest BCUT2D eigenvalue weighted by Gasteiger charge is 2.59. The minimum atomic E-state index is -2.84. The molecule has 0 radical (unpaired) electrons. The van der Waals surface area contributed by atoms with E-state index in [1.807, 2.05) is 0 Å². The summed E-state index contributed by atoms with van der Waals surface area (Å²) in [6.07, 6.45) is -0.749. The van der Waals surface area contributed by atoms with Crippen LogP contribution in [0.4, 0.5) is 14.6 Å². The second-order valence-corrected chi connectivity index (χ2v) is 4.71. The number of alkyl halides is 1. The van der Waals surface area contributed by atoms with E-state index in [4.69, 9.17) is 16.9 Å². The molecule has 2 heterocycles. The molecule has 0 aliphatic carbocycles. The maximum Gasteiger partial charge on any atom is 0.351 e. The van der Waals surface area contributed by atoms with Crippen LogP contribution >= 0.6 is 0 Å². The molecule has 1 saturated heterocycles. The van der Waals surface area contributed by atoms with Crippen molar-refractivity contribution in [2.75, 3.05) is 5.73 Å². The number of hydrogen-bond acceptors (Lipinski definition) is 6. The van der Waals surface area contributed by atoms with Gasteiger partial charge in [-0.3, -0.25) is 4.57 Å². The molecule has 1 aromatic rings. The molecule has 7 nitrogen and oxygen atoms in total. The predicted octanol–water partition coefficient (Wildman–Crippen LogP) is -1.05. The predicted molar refractivity (Wildman–Crippen MR) is 67.1 cm³/mol. The summed E-state index contributed by atoms with van der Waals surface area (Å²) in [6.45, 7) is 1.25. The summed E-state index contributed by atoms with van der Waals surface area (Å²) in [5.74, 6) is -0.0457. The number of aromatic nitrogens is 2. The number of nitrogens with two attached hydrogens (primary N) is 1. The van der Waals surface area contributed by atoms with E-state index in [0.29, 0.717) is 10.8 Å². The zero-order valence-electron chi connectivity index (χ0n) is 10.9. The van der Waals surface area contributed by atoms with E-state index in [2.05, 4.69) is 4.98 Å². The zero-order chi connectivity index (χ0) is 15.9. The van der Waals surface area contributed by atoms with Gasteiger partial charge in [-0.05, 0) is 6.92 Å². The van der Waals surface area contributed by atoms with Crippen molar-refractivity contribution in [3.8, 4) is 12.3 Å². The lowest BCUT2D eigenvalue weighted by atomic mass is 9.95. The number of terminal acetylenes is 1. The van der Waals surface area contributed by atoms with Crippen molar-refractivity contribution in [2.24, 2.45) is 0 Å². The number of hydrogen-bond donors (Lipinski definition) is 3. The highest BCUT2D eigenvalue weighted by atomic mass is 19.1. The summed E-state index contributed by atoms with van der Waals surface area (Å²) in [4.78, 5) is 14.9. The summed E-state index contributed by atoms with van der Waals surface area (Å²) in [6, 6.07) is 0. The van der Waals surface area contributed by atoms with Crippen LogP contribution in [0.3, 0.4) is 0 Å². The quantitative estimate of drug-likeness (QED) is 0.601. The highest BCUT2D eigenvalue weighted by molar-refractivity contribution is 5.27. The summed E-state index contributed by atoms with van der Waals surface area (Å²) in [5.41, 5.74) is 1.19. The Morgan fingerprint density at radius 3 is 2.86 bits per heavy atom. The van der Waals surface area contributed by atoms with Crippen LogP contribution in [0, 0.1) is 18.2 Å². The van der Waals surface area contributed by atoms with Gasteiger partial charge in [0.25, 0.3) is 0 Å². The first kappa shape index (κ1) is 15.4. The Morgan fingerprint density at radius 1 is 1.71 bits per heavy atom. The lowest BCUT2D eigenvalue weighted by molar-refractivity contribution is -0.0805. The van der Waals surface area contributed by atoms with E-state index in [-0.39, 0.29) is 0 Å². The summed E-state index contributed by atoms with van der Waals surface area (Å²) < 4.78 is 33.7. The number of anilines is 1. The fourth-order valence-electron chi connectivity index (χ4n) is 2.14. The molecule has 114 valence electrons. The van der Waals surface area contributed by atoms with Gasteiger partial charge in [0.05, 0.1) is 12.3 Å². The molecular formula is C12H13F2N3O4. The van der Waals surface area contributed by atoms with Crippen LogP contribution < -0.4 is 11.4 Å². The molecule has 9 heteroatoms. The molecule has 5 atom stereocenters. The van der Waals surface area contributed by atoms with Gasteiger partial charge in [-0.25, -0.2) is 13.6 Å². The molecule has 0 amide bonds. The van der Waals surface area contributed by atoms with E-state index in [9.17, 15) is 23.8 Å². The largest absolute Gasteiger partial charge is 0.391 e. The van der Waals surface area contributed by atoms with Crippen molar-refractivity contribution >= 4 is 5.82 Å². The third-order valence-electron chi connectivity index (χ3n) is 3.27. The van der Waals surface area contributed by atoms with Gasteiger partial charge in [0.15, 0.2) is 17.9 Å². The Labute approximate surface area is 118 Å². The molecule has 21 heavy (non-hydrogen) atoms. The highest BCUT2D eigenvalue weighted by Crippen LogP contribution is 2.41. The lowest BCUT2D eigenvalue weighted by Crippen LogP contribution is -2.45. The standard InChI is InChI=1S/C12H13F2N3O4/c1-3-12(14)8(19)7(5(2)18)21-10(12)17-4-6(13)9(15)16-11(17)20/h1,4-5,7-8,10,18-19H,2H3,(H2,15,16,20)/t5-,7-,8+,10-,12?/m1/s1. The third kappa shape index (κ3) is 2.27. The molecule has 4 N–H and O–H groups in total. The molecule has 1 aliphatic heterocycles. The summed E-state index contributed by atoms with van der Waals surface area (Å²) in [7, 11) is 0. The maximum absolute atomic E-state index is 14.7. The number of nitrogens with zero attached hydrogens (tertiary/aromatic N) is 2. The molecule has 1 aromatic heterocycles. The fraction of sp³-hybridized carbons (Fsp3) is 0.500. The van der Waals surface area contributed by atoms with Crippen LogP contribution in [-0.2, 0) is 4.74 Å². The summed E-state index contributed by atoms with van der Waals surface area (Å²) >= 11 is 0. The number of aliphatic hydroxyl groups is 2. The molecule has 0 aromatic carbocycles. The third-order valence-corrected chi connectivity index (χ3v) is 3.27. The van der Waals surface area contributed by atoms with E-state index < -0.39 is 47.5 Å². The minimum absolute atomic E-state index is 0.456. The van der Waals surface area contributed by atoms with Gasteiger partial charge in [0, 0.05) is 0 Å². The first-order valence-electron chi connectivity index (χ1n) is 5.94. The Hall–Kier alpha value is -2.02. The van der Waals surface area contributed by atoms with E-state index >= 15 is 0 Å². The molecule has 0 saturated carbocycles. The fourth-order valence-corrected chi connectivity index (χ4v) is 2.14. The van der Waals surface area contributed by atoms with Gasteiger partial charge in [-0.1, -0.05) is 5.92 Å². The Balaban J connectivity index is 2.56. The lowest BCUT2D eigenvalue weighted by Gasteiger charge is -2.23. The smallest absolute Gasteiger partial charge is 0.351 e. The Kier molecular flexibility index (Phi) is 3.71. The molecule has 1 aliphatic rings. The van der Waals surface area contributed by atoms with Crippen molar-refractivity contribution < 1.29 is 23.7 Å². The van der Waals surface area contributed by atoms with Crippen LogP contribution in [0.2, 0.25) is 0 Å². The van der Waals surface area contributed by atoms with E-state index in [0.717, 1.165) is 0 Å². The number of rotatable bonds is 2. The summed E-state index contributed by atoms with van der Waals surface area (Å²) in [5, 5.41) is 19.3. The van der Waals surface area contributed by atoms with Crippen LogP contribution in [0.1, 0.15) is 13.2 Å². The monoisotopic (exact) mass is 301 g/mol. The van der Waals surface area contributed by atoms with Crippen molar-refractivity contribution in [1.29, 1.82) is 0 Å². The maximum atomic E-state index is 14.7. The molecule has 0 bridgehead atoms. The average Bonchev–Trinajstić information content (AvgIpc) is 2.68. The van der Waals surface area contributed by atoms with Crippen LogP contribution in [0.25, 0.3) is 0 Å². The van der Waals surface area contributed by atoms with Crippen molar-refractivity contribution in [2.45, 2.75) is 37.1 Å². The first-order chi connectivity index (χ1) is 9.72. The second-order valence-electron chi connectivity index (χ2n) is 4.71. The van der Waals surface area contributed by atoms with Gasteiger partial charge in [-0.2, -0.15) is 4.98 Å². The van der Waals surface area contributed by atoms with Crippen LogP contribution in [0.15, 0.2) is 11.0 Å². The molecule has 1 fully saturated rings. The van der Waals surface area contributed by atoms with Crippen molar-refractivity contribution in [1.82, 2.24) is 9.55 Å². The first-order valence-corrected chi connectivity index (χ1v) is 5.94. The molecule has 2 rings (SSSR count). The molecule has 1 unspecified atom stereocenters. The van der Waals surface area contributed by atoms with Crippen molar-refractivity contribution in [3.63, 3.8) is 0 Å². The number of ether oxygens (including phenoxy) is 1. The van der Waals surface area contributed by atoms with Gasteiger partial charge in [0.1, 0.15) is 12.2 Å². The van der Waals surface area contributed by atoms with Crippen LogP contribution in [0.5, 0.6) is 0 Å².